The van der Waals surface area contributed by atoms with Gasteiger partial charge < -0.3 is 19.3 Å². The summed E-state index contributed by atoms with van der Waals surface area (Å²) in [7, 11) is 2.19. The number of hydrogen-bond acceptors (Lipinski definition) is 4. The maximum atomic E-state index is 5.85. The topological polar surface area (TPSA) is 24.9 Å². The number of rotatable bonds is 9. The highest BCUT2D eigenvalue weighted by Gasteiger charge is 2.12. The van der Waals surface area contributed by atoms with Gasteiger partial charge >= 0.3 is 0 Å². The summed E-state index contributed by atoms with van der Waals surface area (Å²) in [5.41, 5.74) is 0. The van der Waals surface area contributed by atoms with Gasteiger partial charge in [-0.25, -0.2) is 0 Å². The quantitative estimate of drug-likeness (QED) is 0.517. The van der Waals surface area contributed by atoms with Crippen molar-refractivity contribution in [1.82, 2.24) is 9.80 Å². The molecule has 0 unspecified atom stereocenters. The van der Waals surface area contributed by atoms with E-state index in [9.17, 15) is 0 Å². The number of piperazine rings is 1. The molecule has 1 saturated heterocycles. The molecule has 0 radical (unpaired) electrons. The first-order chi connectivity index (χ1) is 10.8. The fourth-order valence-electron chi connectivity index (χ4n) is 2.53. The van der Waals surface area contributed by atoms with Crippen LogP contribution >= 0.6 is 0 Å². The Bertz CT molecular complexity index is 442. The van der Waals surface area contributed by atoms with Crippen molar-refractivity contribution in [3.63, 3.8) is 0 Å². The van der Waals surface area contributed by atoms with Crippen LogP contribution in [0.2, 0.25) is 0 Å². The monoisotopic (exact) mass is 304 g/mol. The van der Waals surface area contributed by atoms with Crippen LogP contribution in [0.5, 0.6) is 11.5 Å². The third-order valence-electron chi connectivity index (χ3n) is 3.93. The van der Waals surface area contributed by atoms with E-state index in [2.05, 4.69) is 23.4 Å². The highest BCUT2D eigenvalue weighted by Crippen LogP contribution is 2.26. The van der Waals surface area contributed by atoms with Crippen molar-refractivity contribution in [2.45, 2.75) is 12.8 Å². The highest BCUT2D eigenvalue weighted by atomic mass is 16.5. The van der Waals surface area contributed by atoms with Gasteiger partial charge in [0.25, 0.3) is 0 Å². The Hall–Kier alpha value is -1.52. The molecular weight excluding hydrogens is 276 g/mol. The third kappa shape index (κ3) is 5.70. The molecule has 1 aromatic carbocycles. The van der Waals surface area contributed by atoms with Crippen molar-refractivity contribution < 1.29 is 9.47 Å². The Labute approximate surface area is 134 Å². The average Bonchev–Trinajstić information content (AvgIpc) is 2.55. The molecule has 1 fully saturated rings. The summed E-state index contributed by atoms with van der Waals surface area (Å²) in [6.07, 6.45) is 3.99. The Kier molecular flexibility index (Phi) is 7.26. The fraction of sp³-hybridized carbons (Fsp3) is 0.556. The number of hydrogen-bond donors (Lipinski definition) is 0. The lowest BCUT2D eigenvalue weighted by molar-refractivity contribution is 0.149. The van der Waals surface area contributed by atoms with E-state index < -0.39 is 0 Å². The van der Waals surface area contributed by atoms with Crippen LogP contribution in [0, 0.1) is 0 Å². The lowest BCUT2D eigenvalue weighted by atomic mass is 10.2. The standard InChI is InChI=1S/C18H28N2O2/c1-3-15-21-17-8-4-5-9-18(17)22-16-7-6-10-20-13-11-19(2)12-14-20/h3-5,8-9H,1,6-7,10-16H2,2H3. The smallest absolute Gasteiger partial charge is 0.161 e. The fourth-order valence-corrected chi connectivity index (χ4v) is 2.53. The molecule has 0 N–H and O–H groups in total. The zero-order chi connectivity index (χ0) is 15.6. The van der Waals surface area contributed by atoms with Crippen molar-refractivity contribution in [3.8, 4) is 11.5 Å². The van der Waals surface area contributed by atoms with Gasteiger partial charge in [-0.3, -0.25) is 0 Å². The van der Waals surface area contributed by atoms with Crippen LogP contribution in [0.25, 0.3) is 0 Å². The van der Waals surface area contributed by atoms with Crippen LogP contribution in [0.4, 0.5) is 0 Å². The number of likely N-dealkylation sites (N-methyl/N-ethyl adjacent to an activating group) is 1. The van der Waals surface area contributed by atoms with Crippen LogP contribution in [0.1, 0.15) is 12.8 Å². The Morgan fingerprint density at radius 1 is 1.05 bits per heavy atom. The van der Waals surface area contributed by atoms with Crippen LogP contribution in [0.15, 0.2) is 36.9 Å². The second-order valence-corrected chi connectivity index (χ2v) is 5.75. The number of unbranched alkanes of at least 4 members (excludes halogenated alkanes) is 1. The van der Waals surface area contributed by atoms with Crippen LogP contribution in [-0.2, 0) is 0 Å². The second kappa shape index (κ2) is 9.49. The first-order valence-corrected chi connectivity index (χ1v) is 8.16. The molecule has 0 amide bonds. The van der Waals surface area contributed by atoms with Crippen molar-refractivity contribution in [2.24, 2.45) is 0 Å². The molecule has 4 heteroatoms. The molecule has 122 valence electrons. The Morgan fingerprint density at radius 2 is 1.73 bits per heavy atom. The molecule has 1 aliphatic heterocycles. The minimum absolute atomic E-state index is 0.504. The molecule has 1 aromatic rings. The van der Waals surface area contributed by atoms with Gasteiger partial charge in [0.15, 0.2) is 11.5 Å². The number of ether oxygens (including phenoxy) is 2. The van der Waals surface area contributed by atoms with Crippen LogP contribution in [-0.4, -0.2) is 62.8 Å². The molecule has 0 aliphatic carbocycles. The predicted molar refractivity (Wildman–Crippen MR) is 90.8 cm³/mol. The van der Waals surface area contributed by atoms with Gasteiger partial charge in [0.1, 0.15) is 6.61 Å². The summed E-state index contributed by atoms with van der Waals surface area (Å²) in [5.74, 6) is 1.62. The van der Waals surface area contributed by atoms with Gasteiger partial charge in [-0.05, 0) is 38.6 Å². The first-order valence-electron chi connectivity index (χ1n) is 8.16. The van der Waals surface area contributed by atoms with E-state index in [1.54, 1.807) is 6.08 Å². The van der Waals surface area contributed by atoms with Crippen molar-refractivity contribution in [3.05, 3.63) is 36.9 Å². The van der Waals surface area contributed by atoms with Gasteiger partial charge in [0, 0.05) is 26.2 Å². The molecule has 22 heavy (non-hydrogen) atoms. The zero-order valence-electron chi connectivity index (χ0n) is 13.7. The van der Waals surface area contributed by atoms with E-state index in [1.165, 1.54) is 39.1 Å². The molecule has 0 bridgehead atoms. The summed E-state index contributed by atoms with van der Waals surface area (Å²) in [6, 6.07) is 7.82. The lowest BCUT2D eigenvalue weighted by Gasteiger charge is -2.32. The molecule has 0 spiro atoms. The minimum Gasteiger partial charge on any atom is -0.490 e. The maximum absolute atomic E-state index is 5.85. The van der Waals surface area contributed by atoms with Crippen LogP contribution in [0.3, 0.4) is 0 Å². The summed E-state index contributed by atoms with van der Waals surface area (Å²) < 4.78 is 11.4. The molecular formula is C18H28N2O2. The van der Waals surface area contributed by atoms with Gasteiger partial charge in [0.2, 0.25) is 0 Å². The highest BCUT2D eigenvalue weighted by molar-refractivity contribution is 5.39. The second-order valence-electron chi connectivity index (χ2n) is 5.75. The summed E-state index contributed by atoms with van der Waals surface area (Å²) in [4.78, 5) is 4.93. The molecule has 1 heterocycles. The minimum atomic E-state index is 0.504. The van der Waals surface area contributed by atoms with Gasteiger partial charge in [-0.15, -0.1) is 0 Å². The van der Waals surface area contributed by atoms with E-state index in [0.717, 1.165) is 24.5 Å². The zero-order valence-corrected chi connectivity index (χ0v) is 13.7. The number of nitrogens with zero attached hydrogens (tertiary/aromatic N) is 2. The predicted octanol–water partition coefficient (Wildman–Crippen LogP) is 2.66. The SMILES string of the molecule is C=CCOc1ccccc1OCCCCN1CCN(C)CC1. The van der Waals surface area contributed by atoms with E-state index >= 15 is 0 Å². The normalized spacial score (nSPS) is 16.4. The van der Waals surface area contributed by atoms with Crippen molar-refractivity contribution in [1.29, 1.82) is 0 Å². The number of para-hydroxylation sites is 2. The molecule has 4 nitrogen and oxygen atoms in total. The summed E-state index contributed by atoms with van der Waals surface area (Å²) >= 11 is 0. The molecule has 0 aromatic heterocycles. The van der Waals surface area contributed by atoms with Gasteiger partial charge in [-0.1, -0.05) is 24.8 Å². The third-order valence-corrected chi connectivity index (χ3v) is 3.93. The molecule has 0 atom stereocenters. The van der Waals surface area contributed by atoms with Crippen LogP contribution < -0.4 is 9.47 Å². The van der Waals surface area contributed by atoms with Crippen molar-refractivity contribution in [2.75, 3.05) is 53.0 Å². The Morgan fingerprint density at radius 3 is 2.41 bits per heavy atom. The van der Waals surface area contributed by atoms with E-state index in [1.807, 2.05) is 24.3 Å². The molecule has 2 rings (SSSR count). The Balaban J connectivity index is 1.63. The summed E-state index contributed by atoms with van der Waals surface area (Å²) in [5, 5.41) is 0. The first kappa shape index (κ1) is 16.8. The molecule has 1 aliphatic rings. The largest absolute Gasteiger partial charge is 0.490 e. The van der Waals surface area contributed by atoms with E-state index in [-0.39, 0.29) is 0 Å². The lowest BCUT2D eigenvalue weighted by Crippen LogP contribution is -2.44. The maximum Gasteiger partial charge on any atom is 0.161 e. The number of benzene rings is 1. The van der Waals surface area contributed by atoms with E-state index in [0.29, 0.717) is 6.61 Å². The van der Waals surface area contributed by atoms with Crippen molar-refractivity contribution >= 4 is 0 Å². The van der Waals surface area contributed by atoms with Gasteiger partial charge in [-0.2, -0.15) is 0 Å². The molecule has 0 saturated carbocycles. The van der Waals surface area contributed by atoms with Gasteiger partial charge in [0.05, 0.1) is 6.61 Å². The summed E-state index contributed by atoms with van der Waals surface area (Å²) in [6.45, 7) is 10.8. The average molecular weight is 304 g/mol. The van der Waals surface area contributed by atoms with E-state index in [4.69, 9.17) is 9.47 Å².